The Morgan fingerprint density at radius 3 is 2.61 bits per heavy atom. The molecule has 7 N–H and O–H groups in total. The van der Waals surface area contributed by atoms with E-state index in [9.17, 15) is 19.7 Å². The molecule has 2 aromatic heterocycles. The third-order valence-corrected chi connectivity index (χ3v) is 6.04. The monoisotopic (exact) mass is 486 g/mol. The van der Waals surface area contributed by atoms with Gasteiger partial charge in [0.1, 0.15) is 5.10 Å². The van der Waals surface area contributed by atoms with Gasteiger partial charge in [-0.2, -0.15) is 0 Å². The van der Waals surface area contributed by atoms with Crippen LogP contribution in [0.2, 0.25) is 0 Å². The fraction of sp³-hybridized carbons (Fsp3) is 0.125. The number of amides is 2. The van der Waals surface area contributed by atoms with E-state index < -0.39 is 16.8 Å². The molecule has 0 fully saturated rings. The highest BCUT2D eigenvalue weighted by Gasteiger charge is 2.35. The zero-order valence-corrected chi connectivity index (χ0v) is 18.9. The summed E-state index contributed by atoms with van der Waals surface area (Å²) in [6, 6.07) is 12.9. The lowest BCUT2D eigenvalue weighted by Gasteiger charge is -2.06. The number of carbonyl (C=O) groups excluding carboxylic acids is 2. The molecule has 12 heteroatoms. The number of benzene rings is 2. The van der Waals surface area contributed by atoms with E-state index in [2.05, 4.69) is 20.7 Å². The Hall–Kier alpha value is -5.13. The van der Waals surface area contributed by atoms with Gasteiger partial charge in [0, 0.05) is 58.6 Å². The molecule has 3 heterocycles. The number of anilines is 1. The Morgan fingerprint density at radius 1 is 1.08 bits per heavy atom. The van der Waals surface area contributed by atoms with E-state index in [1.54, 1.807) is 18.3 Å². The number of hydrogen-bond donors (Lipinski definition) is 5. The molecule has 0 aliphatic carbocycles. The van der Waals surface area contributed by atoms with Crippen LogP contribution in [-0.2, 0) is 16.1 Å². The summed E-state index contributed by atoms with van der Waals surface area (Å²) in [5.41, 5.74) is 15.5. The average molecular weight is 486 g/mol. The molecule has 0 bridgehead atoms. The van der Waals surface area contributed by atoms with Crippen LogP contribution in [0.1, 0.15) is 17.5 Å². The van der Waals surface area contributed by atoms with Crippen molar-refractivity contribution in [1.82, 2.24) is 20.2 Å². The first kappa shape index (κ1) is 22.7. The van der Waals surface area contributed by atoms with Crippen LogP contribution in [0.4, 0.5) is 5.69 Å². The number of hydrogen-bond acceptors (Lipinski definition) is 5. The molecule has 182 valence electrons. The maximum Gasteiger partial charge on any atom is 0.266 e. The lowest BCUT2D eigenvalue weighted by molar-refractivity contribution is -0.485. The Kier molecular flexibility index (Phi) is 5.60. The molecule has 36 heavy (non-hydrogen) atoms. The summed E-state index contributed by atoms with van der Waals surface area (Å²) >= 11 is 0. The van der Waals surface area contributed by atoms with E-state index in [0.29, 0.717) is 47.5 Å². The SMILES string of the molecule is NC(=N[N+](=O)[O-])NCCCn1cc(C2=C(c3c[nH]c4ccccc34)C(=O)NC2=O)c2ccc(N)cc21. The van der Waals surface area contributed by atoms with Gasteiger partial charge in [-0.05, 0) is 24.6 Å². The van der Waals surface area contributed by atoms with Gasteiger partial charge in [0.15, 0.2) is 5.03 Å². The predicted molar refractivity (Wildman–Crippen MR) is 136 cm³/mol. The Bertz CT molecular complexity index is 1610. The first-order chi connectivity index (χ1) is 17.3. The van der Waals surface area contributed by atoms with Gasteiger partial charge in [0.2, 0.25) is 0 Å². The Morgan fingerprint density at radius 2 is 1.83 bits per heavy atom. The van der Waals surface area contributed by atoms with Gasteiger partial charge in [0.05, 0.1) is 16.7 Å². The van der Waals surface area contributed by atoms with Crippen molar-refractivity contribution in [3.05, 3.63) is 76.1 Å². The minimum atomic E-state index is -0.871. The third-order valence-electron chi connectivity index (χ3n) is 6.04. The number of nitrogen functional groups attached to an aromatic ring is 1. The number of nitrogens with one attached hydrogen (secondary N) is 3. The van der Waals surface area contributed by atoms with Crippen LogP contribution >= 0.6 is 0 Å². The number of nitrogens with zero attached hydrogens (tertiary/aromatic N) is 3. The maximum absolute atomic E-state index is 13.0. The number of hydrazone groups is 1. The minimum absolute atomic E-state index is 0.281. The van der Waals surface area contributed by atoms with Gasteiger partial charge in [-0.25, -0.2) is 10.1 Å². The van der Waals surface area contributed by atoms with Crippen molar-refractivity contribution in [1.29, 1.82) is 0 Å². The fourth-order valence-corrected chi connectivity index (χ4v) is 4.53. The smallest absolute Gasteiger partial charge is 0.266 e. The van der Waals surface area contributed by atoms with E-state index in [1.165, 1.54) is 0 Å². The number of aromatic amines is 1. The van der Waals surface area contributed by atoms with Crippen LogP contribution in [0.5, 0.6) is 0 Å². The molecule has 0 radical (unpaired) electrons. The number of fused-ring (bicyclic) bond motifs is 2. The lowest BCUT2D eigenvalue weighted by atomic mass is 9.95. The van der Waals surface area contributed by atoms with Crippen LogP contribution in [0.3, 0.4) is 0 Å². The third kappa shape index (κ3) is 4.00. The summed E-state index contributed by atoms with van der Waals surface area (Å²) < 4.78 is 1.93. The molecule has 2 amide bonds. The van der Waals surface area contributed by atoms with Gasteiger partial charge < -0.3 is 26.3 Å². The lowest BCUT2D eigenvalue weighted by Crippen LogP contribution is -2.33. The quantitative estimate of drug-likeness (QED) is 0.0500. The Labute approximate surface area is 203 Å². The molecular weight excluding hydrogens is 464 g/mol. The first-order valence-corrected chi connectivity index (χ1v) is 11.1. The van der Waals surface area contributed by atoms with E-state index in [-0.39, 0.29) is 5.96 Å². The van der Waals surface area contributed by atoms with Crippen LogP contribution in [0.25, 0.3) is 33.0 Å². The summed E-state index contributed by atoms with van der Waals surface area (Å²) in [5, 5.41) is 19.3. The van der Waals surface area contributed by atoms with Crippen molar-refractivity contribution in [3.63, 3.8) is 0 Å². The number of aryl methyl sites for hydroxylation is 1. The fourth-order valence-electron chi connectivity index (χ4n) is 4.53. The highest BCUT2D eigenvalue weighted by atomic mass is 16.7. The number of nitro groups is 1. The predicted octanol–water partition coefficient (Wildman–Crippen LogP) is 1.76. The normalized spacial score (nSPS) is 14.2. The molecular formula is C24H22N8O4. The summed E-state index contributed by atoms with van der Waals surface area (Å²) in [4.78, 5) is 39.6. The van der Waals surface area contributed by atoms with Crippen LogP contribution in [-0.4, -0.2) is 38.9 Å². The van der Waals surface area contributed by atoms with Crippen molar-refractivity contribution in [2.24, 2.45) is 10.8 Å². The van der Waals surface area contributed by atoms with Crippen LogP contribution in [0.15, 0.2) is 60.0 Å². The number of rotatable bonds is 7. The molecule has 0 unspecified atom stereocenters. The zero-order chi connectivity index (χ0) is 25.4. The van der Waals surface area contributed by atoms with Crippen LogP contribution < -0.4 is 22.1 Å². The number of imide groups is 1. The summed E-state index contributed by atoms with van der Waals surface area (Å²) in [6.07, 6.45) is 4.10. The van der Waals surface area contributed by atoms with Crippen LogP contribution in [0, 0.1) is 10.1 Å². The second-order valence-electron chi connectivity index (χ2n) is 8.30. The first-order valence-electron chi connectivity index (χ1n) is 11.1. The van der Waals surface area contributed by atoms with Gasteiger partial charge in [0.25, 0.3) is 17.8 Å². The average Bonchev–Trinajstić information content (AvgIpc) is 3.49. The van der Waals surface area contributed by atoms with Gasteiger partial charge in [-0.15, -0.1) is 0 Å². The minimum Gasteiger partial charge on any atom is -0.399 e. The largest absolute Gasteiger partial charge is 0.399 e. The molecule has 1 aliphatic rings. The molecule has 2 aromatic carbocycles. The van der Waals surface area contributed by atoms with E-state index >= 15 is 0 Å². The van der Waals surface area contributed by atoms with Crippen molar-refractivity contribution < 1.29 is 14.6 Å². The van der Waals surface area contributed by atoms with E-state index in [4.69, 9.17) is 11.5 Å². The molecule has 0 spiro atoms. The van der Waals surface area contributed by atoms with Gasteiger partial charge >= 0.3 is 0 Å². The van der Waals surface area contributed by atoms with Gasteiger partial charge in [-0.3, -0.25) is 14.9 Å². The number of carbonyl (C=O) groups is 2. The van der Waals surface area contributed by atoms with E-state index in [0.717, 1.165) is 21.8 Å². The van der Waals surface area contributed by atoms with Crippen molar-refractivity contribution in [2.45, 2.75) is 13.0 Å². The second kappa shape index (κ2) is 8.91. The van der Waals surface area contributed by atoms with Crippen molar-refractivity contribution >= 4 is 56.4 Å². The molecule has 0 saturated carbocycles. The highest BCUT2D eigenvalue weighted by molar-refractivity contribution is 6.50. The molecule has 0 saturated heterocycles. The topological polar surface area (TPSA) is 186 Å². The summed E-state index contributed by atoms with van der Waals surface area (Å²) in [6.45, 7) is 0.826. The van der Waals surface area contributed by atoms with Gasteiger partial charge in [-0.1, -0.05) is 24.3 Å². The molecule has 4 aromatic rings. The molecule has 0 atom stereocenters. The number of H-pyrrole nitrogens is 1. The highest BCUT2D eigenvalue weighted by Crippen LogP contribution is 2.38. The molecule has 5 rings (SSSR count). The number of aromatic nitrogens is 2. The summed E-state index contributed by atoms with van der Waals surface area (Å²) in [7, 11) is 0. The Balaban J connectivity index is 1.57. The van der Waals surface area contributed by atoms with Crippen molar-refractivity contribution in [2.75, 3.05) is 12.3 Å². The molecule has 12 nitrogen and oxygen atoms in total. The van der Waals surface area contributed by atoms with Crippen molar-refractivity contribution in [3.8, 4) is 0 Å². The second-order valence-corrected chi connectivity index (χ2v) is 8.30. The maximum atomic E-state index is 13.0. The zero-order valence-electron chi connectivity index (χ0n) is 18.9. The van der Waals surface area contributed by atoms with E-state index in [1.807, 2.05) is 41.1 Å². The molecule has 1 aliphatic heterocycles. The summed E-state index contributed by atoms with van der Waals surface area (Å²) in [5.74, 6) is -1.21. The number of para-hydroxylation sites is 1. The standard InChI is InChI=1S/C24H22N8O4/c25-13-6-7-15-17(12-31(19(15)10-13)9-3-8-27-24(26)30-32(35)36)21-20(22(33)29-23(21)34)16-11-28-18-5-2-1-4-14(16)18/h1-2,4-7,10-12,28H,3,8-9,25H2,(H3,26,27,30)(H,29,33,34). The number of guanidine groups is 1. The number of nitrogens with two attached hydrogens (primary N) is 2.